The molecule has 0 fully saturated rings. The van der Waals surface area contributed by atoms with Crippen molar-refractivity contribution in [3.8, 4) is 0 Å². The lowest BCUT2D eigenvalue weighted by atomic mass is 10.1. The Bertz CT molecular complexity index is 582. The third-order valence-electron chi connectivity index (χ3n) is 4.08. The molecule has 3 rings (SSSR count). The molecule has 0 aliphatic carbocycles. The van der Waals surface area contributed by atoms with Crippen molar-refractivity contribution in [1.82, 2.24) is 20.1 Å². The van der Waals surface area contributed by atoms with E-state index in [0.717, 1.165) is 42.7 Å². The number of hydrogen-bond donors (Lipinski definition) is 1. The van der Waals surface area contributed by atoms with Crippen molar-refractivity contribution in [3.05, 3.63) is 47.5 Å². The van der Waals surface area contributed by atoms with E-state index in [4.69, 9.17) is 0 Å². The van der Waals surface area contributed by atoms with Gasteiger partial charge in [-0.2, -0.15) is 11.8 Å². The minimum atomic E-state index is 0.275. The lowest BCUT2D eigenvalue weighted by Crippen LogP contribution is -2.25. The van der Waals surface area contributed by atoms with E-state index in [1.54, 1.807) is 0 Å². The van der Waals surface area contributed by atoms with Crippen molar-refractivity contribution in [3.63, 3.8) is 0 Å². The van der Waals surface area contributed by atoms with Gasteiger partial charge in [-0.15, -0.1) is 10.2 Å². The Balaban J connectivity index is 1.41. The zero-order valence-corrected chi connectivity index (χ0v) is 14.0. The van der Waals surface area contributed by atoms with E-state index in [2.05, 4.69) is 57.3 Å². The number of fused-ring (bicyclic) bond motifs is 1. The molecule has 22 heavy (non-hydrogen) atoms. The lowest BCUT2D eigenvalue weighted by Gasteiger charge is -2.18. The molecule has 2 aromatic rings. The maximum atomic E-state index is 4.39. The van der Waals surface area contributed by atoms with Crippen molar-refractivity contribution >= 4 is 11.8 Å². The zero-order chi connectivity index (χ0) is 15.2. The highest BCUT2D eigenvalue weighted by atomic mass is 32.2. The van der Waals surface area contributed by atoms with Crippen LogP contribution in [0.4, 0.5) is 0 Å². The molecule has 1 atom stereocenters. The van der Waals surface area contributed by atoms with Crippen molar-refractivity contribution in [2.45, 2.75) is 44.5 Å². The Morgan fingerprint density at radius 2 is 2.09 bits per heavy atom. The number of aryl methyl sites for hydroxylation is 1. The summed E-state index contributed by atoms with van der Waals surface area (Å²) in [6.45, 7) is 4.26. The highest BCUT2D eigenvalue weighted by Crippen LogP contribution is 2.18. The van der Waals surface area contributed by atoms with Crippen LogP contribution in [0.25, 0.3) is 0 Å². The average Bonchev–Trinajstić information content (AvgIpc) is 2.99. The summed E-state index contributed by atoms with van der Waals surface area (Å²) in [6.07, 6.45) is 3.57. The van der Waals surface area contributed by atoms with Crippen LogP contribution >= 0.6 is 11.8 Å². The summed E-state index contributed by atoms with van der Waals surface area (Å²) in [5, 5.41) is 12.3. The van der Waals surface area contributed by atoms with Gasteiger partial charge in [-0.05, 0) is 25.3 Å². The van der Waals surface area contributed by atoms with E-state index in [-0.39, 0.29) is 6.04 Å². The van der Waals surface area contributed by atoms with Gasteiger partial charge in [0.05, 0.1) is 6.04 Å². The molecular formula is C17H24N4S. The van der Waals surface area contributed by atoms with Gasteiger partial charge in [-0.3, -0.25) is 0 Å². The largest absolute Gasteiger partial charge is 0.314 e. The van der Waals surface area contributed by atoms with E-state index in [1.165, 1.54) is 18.4 Å². The van der Waals surface area contributed by atoms with E-state index in [1.807, 2.05) is 11.8 Å². The van der Waals surface area contributed by atoms with Gasteiger partial charge in [0.25, 0.3) is 0 Å². The topological polar surface area (TPSA) is 42.7 Å². The number of aromatic nitrogens is 3. The minimum absolute atomic E-state index is 0.275. The summed E-state index contributed by atoms with van der Waals surface area (Å²) in [6, 6.07) is 10.9. The minimum Gasteiger partial charge on any atom is -0.314 e. The van der Waals surface area contributed by atoms with Gasteiger partial charge >= 0.3 is 0 Å². The van der Waals surface area contributed by atoms with Crippen LogP contribution < -0.4 is 5.32 Å². The second kappa shape index (κ2) is 7.79. The van der Waals surface area contributed by atoms with Crippen molar-refractivity contribution in [2.24, 2.45) is 0 Å². The predicted molar refractivity (Wildman–Crippen MR) is 92.0 cm³/mol. The molecular weight excluding hydrogens is 292 g/mol. The fourth-order valence-electron chi connectivity index (χ4n) is 2.85. The maximum absolute atomic E-state index is 4.39. The highest BCUT2D eigenvalue weighted by molar-refractivity contribution is 7.98. The summed E-state index contributed by atoms with van der Waals surface area (Å²) in [5.74, 6) is 4.45. The quantitative estimate of drug-likeness (QED) is 0.797. The molecule has 2 heterocycles. The molecule has 118 valence electrons. The molecule has 1 aromatic carbocycles. The van der Waals surface area contributed by atoms with Gasteiger partial charge < -0.3 is 9.88 Å². The Morgan fingerprint density at radius 1 is 1.23 bits per heavy atom. The van der Waals surface area contributed by atoms with Crippen LogP contribution in [0.15, 0.2) is 30.3 Å². The predicted octanol–water partition coefficient (Wildman–Crippen LogP) is 3.20. The SMILES string of the molecule is C[C@@H](NCCSCc1ccccc1)c1nnc2n1CCCC2. The molecule has 1 aliphatic heterocycles. The molecule has 0 amide bonds. The molecule has 0 bridgehead atoms. The number of nitrogens with one attached hydrogen (secondary N) is 1. The van der Waals surface area contributed by atoms with Crippen molar-refractivity contribution in [1.29, 1.82) is 0 Å². The first-order valence-corrected chi connectivity index (χ1v) is 9.27. The van der Waals surface area contributed by atoms with Gasteiger partial charge in [-0.1, -0.05) is 30.3 Å². The first-order valence-electron chi connectivity index (χ1n) is 8.11. The van der Waals surface area contributed by atoms with Gasteiger partial charge in [0.15, 0.2) is 0 Å². The molecule has 0 spiro atoms. The normalized spacial score (nSPS) is 15.5. The standard InChI is InChI=1S/C17H24N4S/c1-14(17-20-19-16-9-5-6-11-21(16)17)18-10-12-22-13-15-7-3-2-4-8-15/h2-4,7-8,14,18H,5-6,9-13H2,1H3/t14-/m1/s1. The van der Waals surface area contributed by atoms with Gasteiger partial charge in [0, 0.05) is 31.0 Å². The molecule has 0 saturated heterocycles. The molecule has 1 N–H and O–H groups in total. The molecule has 0 radical (unpaired) electrons. The van der Waals surface area contributed by atoms with Crippen LogP contribution in [-0.2, 0) is 18.7 Å². The first-order chi connectivity index (χ1) is 10.8. The second-order valence-corrected chi connectivity index (χ2v) is 6.90. The van der Waals surface area contributed by atoms with Crippen LogP contribution in [0, 0.1) is 0 Å². The Labute approximate surface area is 136 Å². The van der Waals surface area contributed by atoms with E-state index in [9.17, 15) is 0 Å². The van der Waals surface area contributed by atoms with Gasteiger partial charge in [0.2, 0.25) is 0 Å². The summed E-state index contributed by atoms with van der Waals surface area (Å²) in [5.41, 5.74) is 1.40. The molecule has 0 unspecified atom stereocenters. The number of thioether (sulfide) groups is 1. The highest BCUT2D eigenvalue weighted by Gasteiger charge is 2.19. The average molecular weight is 316 g/mol. The first kappa shape index (κ1) is 15.6. The van der Waals surface area contributed by atoms with Crippen LogP contribution in [0.1, 0.15) is 43.0 Å². The molecule has 0 saturated carbocycles. The van der Waals surface area contributed by atoms with Crippen LogP contribution in [0.2, 0.25) is 0 Å². The summed E-state index contributed by atoms with van der Waals surface area (Å²) < 4.78 is 2.30. The molecule has 4 nitrogen and oxygen atoms in total. The second-order valence-electron chi connectivity index (χ2n) is 5.80. The Morgan fingerprint density at radius 3 is 2.95 bits per heavy atom. The van der Waals surface area contributed by atoms with Crippen LogP contribution in [-0.4, -0.2) is 27.1 Å². The number of benzene rings is 1. The number of nitrogens with zero attached hydrogens (tertiary/aromatic N) is 3. The fraction of sp³-hybridized carbons (Fsp3) is 0.529. The fourth-order valence-corrected chi connectivity index (χ4v) is 3.69. The summed E-state index contributed by atoms with van der Waals surface area (Å²) >= 11 is 1.97. The van der Waals surface area contributed by atoms with Gasteiger partial charge in [-0.25, -0.2) is 0 Å². The third-order valence-corrected chi connectivity index (χ3v) is 5.11. The van der Waals surface area contributed by atoms with E-state index < -0.39 is 0 Å². The molecule has 1 aromatic heterocycles. The van der Waals surface area contributed by atoms with Crippen molar-refractivity contribution in [2.75, 3.05) is 12.3 Å². The zero-order valence-electron chi connectivity index (χ0n) is 13.2. The smallest absolute Gasteiger partial charge is 0.149 e. The van der Waals surface area contributed by atoms with Crippen LogP contribution in [0.5, 0.6) is 0 Å². The molecule has 1 aliphatic rings. The Hall–Kier alpha value is -1.33. The lowest BCUT2D eigenvalue weighted by molar-refractivity contribution is 0.472. The third kappa shape index (κ3) is 3.90. The number of hydrogen-bond acceptors (Lipinski definition) is 4. The summed E-state index contributed by atoms with van der Waals surface area (Å²) in [4.78, 5) is 0. The van der Waals surface area contributed by atoms with Crippen LogP contribution in [0.3, 0.4) is 0 Å². The van der Waals surface area contributed by atoms with Gasteiger partial charge in [0.1, 0.15) is 11.6 Å². The number of rotatable bonds is 7. The van der Waals surface area contributed by atoms with Crippen molar-refractivity contribution < 1.29 is 0 Å². The Kier molecular flexibility index (Phi) is 5.51. The summed E-state index contributed by atoms with van der Waals surface area (Å²) in [7, 11) is 0. The molecule has 5 heteroatoms. The maximum Gasteiger partial charge on any atom is 0.149 e. The van der Waals surface area contributed by atoms with E-state index >= 15 is 0 Å². The monoisotopic (exact) mass is 316 g/mol. The van der Waals surface area contributed by atoms with E-state index in [0.29, 0.717) is 0 Å².